The van der Waals surface area contributed by atoms with Gasteiger partial charge in [-0.15, -0.1) is 0 Å². The number of hydrogen-bond acceptors (Lipinski definition) is 5. The van der Waals surface area contributed by atoms with Gasteiger partial charge in [-0.05, 0) is 51.5 Å². The molecule has 2 aliphatic heterocycles. The molecule has 0 saturated carbocycles. The molecular formula is C23H30N4O3S. The third kappa shape index (κ3) is 4.50. The van der Waals surface area contributed by atoms with Gasteiger partial charge >= 0.3 is 0 Å². The van der Waals surface area contributed by atoms with Gasteiger partial charge in [0, 0.05) is 30.8 Å². The first kappa shape index (κ1) is 21.9. The summed E-state index contributed by atoms with van der Waals surface area (Å²) in [5.41, 5.74) is 3.10. The number of hydrogen-bond donors (Lipinski definition) is 0. The highest BCUT2D eigenvalue weighted by Gasteiger charge is 2.37. The average Bonchev–Trinajstić information content (AvgIpc) is 3.27. The Bertz CT molecular complexity index is 1060. The molecule has 7 nitrogen and oxygen atoms in total. The van der Waals surface area contributed by atoms with E-state index in [1.807, 2.05) is 25.1 Å². The summed E-state index contributed by atoms with van der Waals surface area (Å²) in [6, 6.07) is 9.89. The van der Waals surface area contributed by atoms with Crippen molar-refractivity contribution in [3.05, 3.63) is 53.0 Å². The van der Waals surface area contributed by atoms with Crippen LogP contribution in [0.5, 0.6) is 0 Å². The van der Waals surface area contributed by atoms with Crippen LogP contribution in [0.4, 0.5) is 5.82 Å². The number of sulfonamides is 1. The maximum absolute atomic E-state index is 12.8. The maximum atomic E-state index is 12.8. The lowest BCUT2D eigenvalue weighted by atomic mass is 10.0. The van der Waals surface area contributed by atoms with Crippen LogP contribution in [0.15, 0.2) is 30.3 Å². The van der Waals surface area contributed by atoms with E-state index in [9.17, 15) is 13.2 Å². The van der Waals surface area contributed by atoms with Gasteiger partial charge in [-0.25, -0.2) is 18.4 Å². The fourth-order valence-electron chi connectivity index (χ4n) is 4.57. The van der Waals surface area contributed by atoms with Gasteiger partial charge in [0.25, 0.3) is 0 Å². The number of anilines is 1. The van der Waals surface area contributed by atoms with Gasteiger partial charge in [-0.3, -0.25) is 9.69 Å². The van der Waals surface area contributed by atoms with E-state index >= 15 is 0 Å². The number of carbonyl (C=O) groups excluding carboxylic acids is 1. The highest BCUT2D eigenvalue weighted by Crippen LogP contribution is 2.36. The van der Waals surface area contributed by atoms with Gasteiger partial charge in [0.15, 0.2) is 0 Å². The molecule has 1 amide bonds. The zero-order chi connectivity index (χ0) is 22.0. The van der Waals surface area contributed by atoms with Crippen LogP contribution >= 0.6 is 0 Å². The Hall–Kier alpha value is -2.32. The maximum Gasteiger partial charge on any atom is 0.228 e. The SMILES string of the molecule is CCS(=O)(=O)N1CCCC1c1nc(C)c2c(n1)N(CCCc1ccccc1)C(=O)CC2. The van der Waals surface area contributed by atoms with Crippen molar-refractivity contribution < 1.29 is 13.2 Å². The van der Waals surface area contributed by atoms with Crippen molar-refractivity contribution in [3.8, 4) is 0 Å². The summed E-state index contributed by atoms with van der Waals surface area (Å²) >= 11 is 0. The molecule has 1 aromatic carbocycles. The van der Waals surface area contributed by atoms with Crippen LogP contribution in [-0.4, -0.2) is 47.4 Å². The van der Waals surface area contributed by atoms with Gasteiger partial charge in [-0.2, -0.15) is 4.31 Å². The number of fused-ring (bicyclic) bond motifs is 1. The molecule has 0 spiro atoms. The van der Waals surface area contributed by atoms with Crippen LogP contribution in [-0.2, 0) is 27.7 Å². The number of aromatic nitrogens is 2. The van der Waals surface area contributed by atoms with Crippen LogP contribution in [0.1, 0.15) is 61.3 Å². The molecule has 8 heteroatoms. The molecule has 1 aromatic heterocycles. The molecule has 31 heavy (non-hydrogen) atoms. The zero-order valence-corrected chi connectivity index (χ0v) is 19.1. The number of aryl methyl sites for hydroxylation is 2. The van der Waals surface area contributed by atoms with E-state index in [0.717, 1.165) is 30.5 Å². The van der Waals surface area contributed by atoms with E-state index in [-0.39, 0.29) is 17.7 Å². The van der Waals surface area contributed by atoms with Gasteiger partial charge in [0.1, 0.15) is 11.6 Å². The van der Waals surface area contributed by atoms with Crippen molar-refractivity contribution in [2.24, 2.45) is 0 Å². The monoisotopic (exact) mass is 442 g/mol. The Morgan fingerprint density at radius 2 is 1.90 bits per heavy atom. The molecule has 0 radical (unpaired) electrons. The molecule has 2 aliphatic rings. The second-order valence-electron chi connectivity index (χ2n) is 8.27. The largest absolute Gasteiger partial charge is 0.296 e. The van der Waals surface area contributed by atoms with Crippen LogP contribution in [0.25, 0.3) is 0 Å². The van der Waals surface area contributed by atoms with Gasteiger partial charge in [0.2, 0.25) is 15.9 Å². The normalized spacial score (nSPS) is 19.6. The third-order valence-electron chi connectivity index (χ3n) is 6.27. The van der Waals surface area contributed by atoms with Crippen molar-refractivity contribution >= 4 is 21.7 Å². The summed E-state index contributed by atoms with van der Waals surface area (Å²) in [6.07, 6.45) is 4.33. The van der Waals surface area contributed by atoms with Crippen molar-refractivity contribution in [2.75, 3.05) is 23.7 Å². The fourth-order valence-corrected chi connectivity index (χ4v) is 5.89. The summed E-state index contributed by atoms with van der Waals surface area (Å²) in [5, 5.41) is 0. The molecule has 4 rings (SSSR count). The number of carbonyl (C=O) groups is 1. The highest BCUT2D eigenvalue weighted by atomic mass is 32.2. The number of nitrogens with zero attached hydrogens (tertiary/aromatic N) is 4. The highest BCUT2D eigenvalue weighted by molar-refractivity contribution is 7.89. The Labute approximate surface area is 184 Å². The lowest BCUT2D eigenvalue weighted by Gasteiger charge is -2.31. The standard InChI is InChI=1S/C23H30N4O3S/c1-3-31(29,30)27-16-8-12-20(27)22-24-17(2)19-13-14-21(28)26(23(19)25-22)15-7-11-18-9-5-4-6-10-18/h4-6,9-10,20H,3,7-8,11-16H2,1-2H3. The summed E-state index contributed by atoms with van der Waals surface area (Å²) in [7, 11) is -3.33. The Balaban J connectivity index is 1.61. The Kier molecular flexibility index (Phi) is 6.39. The first-order valence-corrected chi connectivity index (χ1v) is 12.7. The minimum Gasteiger partial charge on any atom is -0.296 e. The van der Waals surface area contributed by atoms with Crippen molar-refractivity contribution in [3.63, 3.8) is 0 Å². The van der Waals surface area contributed by atoms with Crippen LogP contribution in [0.2, 0.25) is 0 Å². The first-order chi connectivity index (χ1) is 14.9. The fraction of sp³-hybridized carbons (Fsp3) is 0.522. The van der Waals surface area contributed by atoms with E-state index < -0.39 is 10.0 Å². The Morgan fingerprint density at radius 1 is 1.13 bits per heavy atom. The molecule has 0 N–H and O–H groups in total. The minimum atomic E-state index is -3.33. The lowest BCUT2D eigenvalue weighted by molar-refractivity contribution is -0.119. The molecule has 1 saturated heterocycles. The molecule has 166 valence electrons. The minimum absolute atomic E-state index is 0.0670. The van der Waals surface area contributed by atoms with Gasteiger partial charge in [0.05, 0.1) is 11.8 Å². The van der Waals surface area contributed by atoms with Crippen LogP contribution in [0.3, 0.4) is 0 Å². The number of amides is 1. The molecule has 1 fully saturated rings. The zero-order valence-electron chi connectivity index (χ0n) is 18.2. The summed E-state index contributed by atoms with van der Waals surface area (Å²) in [4.78, 5) is 24.1. The molecule has 3 heterocycles. The lowest BCUT2D eigenvalue weighted by Crippen LogP contribution is -2.38. The van der Waals surface area contributed by atoms with Crippen molar-refractivity contribution in [1.82, 2.24) is 14.3 Å². The van der Waals surface area contributed by atoms with Crippen molar-refractivity contribution in [1.29, 1.82) is 0 Å². The summed E-state index contributed by atoms with van der Waals surface area (Å²) < 4.78 is 26.7. The van der Waals surface area contributed by atoms with E-state index in [4.69, 9.17) is 9.97 Å². The third-order valence-corrected chi connectivity index (χ3v) is 8.15. The topological polar surface area (TPSA) is 83.5 Å². The molecule has 2 aromatic rings. The van der Waals surface area contributed by atoms with E-state index in [1.54, 1.807) is 16.1 Å². The number of benzene rings is 1. The van der Waals surface area contributed by atoms with E-state index in [2.05, 4.69) is 12.1 Å². The smallest absolute Gasteiger partial charge is 0.228 e. The van der Waals surface area contributed by atoms with E-state index in [1.165, 1.54) is 5.56 Å². The molecular weight excluding hydrogens is 412 g/mol. The molecule has 0 aliphatic carbocycles. The molecule has 1 unspecified atom stereocenters. The average molecular weight is 443 g/mol. The summed E-state index contributed by atoms with van der Waals surface area (Å²) in [5.74, 6) is 1.34. The van der Waals surface area contributed by atoms with E-state index in [0.29, 0.717) is 44.0 Å². The van der Waals surface area contributed by atoms with Gasteiger partial charge in [-0.1, -0.05) is 30.3 Å². The van der Waals surface area contributed by atoms with Crippen molar-refractivity contribution in [2.45, 2.75) is 58.4 Å². The predicted molar refractivity (Wildman–Crippen MR) is 120 cm³/mol. The Morgan fingerprint density at radius 3 is 2.65 bits per heavy atom. The second-order valence-corrected chi connectivity index (χ2v) is 10.5. The van der Waals surface area contributed by atoms with Crippen LogP contribution in [0, 0.1) is 6.92 Å². The van der Waals surface area contributed by atoms with Crippen LogP contribution < -0.4 is 4.90 Å². The molecule has 1 atom stereocenters. The molecule has 0 bridgehead atoms. The quantitative estimate of drug-likeness (QED) is 0.658. The predicted octanol–water partition coefficient (Wildman–Crippen LogP) is 3.18. The summed E-state index contributed by atoms with van der Waals surface area (Å²) in [6.45, 7) is 4.70. The van der Waals surface area contributed by atoms with Gasteiger partial charge < -0.3 is 0 Å². The second kappa shape index (κ2) is 9.04. The number of rotatable bonds is 7. The first-order valence-electron chi connectivity index (χ1n) is 11.1.